The molecule has 1 N–H and O–H groups in total. The SMILES string of the molecule is CCOC(=O)c1ccc(NC(=O)C(CC)n2cnc3c(sc4ncccc43)c2=O)cc1. The maximum absolute atomic E-state index is 13.1. The van der Waals surface area contributed by atoms with Crippen LogP contribution < -0.4 is 10.9 Å². The third-order valence-corrected chi connectivity index (χ3v) is 5.96. The number of carbonyl (C=O) groups is 2. The minimum atomic E-state index is -0.729. The lowest BCUT2D eigenvalue weighted by Gasteiger charge is -2.17. The highest BCUT2D eigenvalue weighted by Gasteiger charge is 2.22. The molecule has 0 spiro atoms. The summed E-state index contributed by atoms with van der Waals surface area (Å²) in [5, 5.41) is 3.63. The quantitative estimate of drug-likeness (QED) is 0.462. The fourth-order valence-electron chi connectivity index (χ4n) is 3.34. The first-order valence-electron chi connectivity index (χ1n) is 9.85. The molecule has 0 saturated heterocycles. The van der Waals surface area contributed by atoms with Crippen LogP contribution in [0.5, 0.6) is 0 Å². The molecular weight excluding hydrogens is 416 g/mol. The van der Waals surface area contributed by atoms with Gasteiger partial charge in [0.15, 0.2) is 0 Å². The van der Waals surface area contributed by atoms with Gasteiger partial charge in [-0.1, -0.05) is 6.92 Å². The molecular formula is C22H20N4O4S. The molecule has 1 atom stereocenters. The van der Waals surface area contributed by atoms with Crippen LogP contribution in [0.1, 0.15) is 36.7 Å². The second kappa shape index (κ2) is 8.65. The normalized spacial score (nSPS) is 12.1. The van der Waals surface area contributed by atoms with Crippen LogP contribution in [0, 0.1) is 0 Å². The van der Waals surface area contributed by atoms with Crippen molar-refractivity contribution in [3.63, 3.8) is 0 Å². The number of hydrogen-bond donors (Lipinski definition) is 1. The van der Waals surface area contributed by atoms with E-state index in [1.165, 1.54) is 22.2 Å². The van der Waals surface area contributed by atoms with Crippen molar-refractivity contribution < 1.29 is 14.3 Å². The number of pyridine rings is 1. The monoisotopic (exact) mass is 436 g/mol. The fourth-order valence-corrected chi connectivity index (χ4v) is 4.38. The average molecular weight is 436 g/mol. The molecule has 1 unspecified atom stereocenters. The number of nitrogens with zero attached hydrogens (tertiary/aromatic N) is 3. The number of amides is 1. The van der Waals surface area contributed by atoms with E-state index in [0.717, 1.165) is 10.2 Å². The van der Waals surface area contributed by atoms with Crippen molar-refractivity contribution in [2.24, 2.45) is 0 Å². The van der Waals surface area contributed by atoms with Gasteiger partial charge in [0.05, 0.1) is 24.0 Å². The van der Waals surface area contributed by atoms with Crippen LogP contribution in [0.25, 0.3) is 20.4 Å². The first kappa shape index (κ1) is 20.7. The lowest BCUT2D eigenvalue weighted by molar-refractivity contribution is -0.119. The topological polar surface area (TPSA) is 103 Å². The van der Waals surface area contributed by atoms with E-state index in [2.05, 4.69) is 15.3 Å². The summed E-state index contributed by atoms with van der Waals surface area (Å²) in [6, 6.07) is 9.36. The van der Waals surface area contributed by atoms with Crippen LogP contribution >= 0.6 is 11.3 Å². The van der Waals surface area contributed by atoms with E-state index in [0.29, 0.717) is 34.5 Å². The third-order valence-electron chi connectivity index (χ3n) is 4.87. The molecule has 0 saturated carbocycles. The van der Waals surface area contributed by atoms with Crippen molar-refractivity contribution in [2.45, 2.75) is 26.3 Å². The highest BCUT2D eigenvalue weighted by Crippen LogP contribution is 2.28. The molecule has 8 nitrogen and oxygen atoms in total. The highest BCUT2D eigenvalue weighted by atomic mass is 32.1. The van der Waals surface area contributed by atoms with Crippen LogP contribution in [0.15, 0.2) is 53.7 Å². The van der Waals surface area contributed by atoms with E-state index in [1.807, 2.05) is 13.0 Å². The van der Waals surface area contributed by atoms with Gasteiger partial charge in [-0.05, 0) is 49.7 Å². The summed E-state index contributed by atoms with van der Waals surface area (Å²) >= 11 is 1.27. The second-order valence-corrected chi connectivity index (χ2v) is 7.80. The van der Waals surface area contributed by atoms with E-state index in [4.69, 9.17) is 4.74 Å². The number of fused-ring (bicyclic) bond motifs is 3. The molecule has 0 aliphatic heterocycles. The number of carbonyl (C=O) groups excluding carboxylic acids is 2. The molecule has 1 amide bonds. The van der Waals surface area contributed by atoms with Crippen LogP contribution in [0.2, 0.25) is 0 Å². The van der Waals surface area contributed by atoms with E-state index in [9.17, 15) is 14.4 Å². The number of nitrogens with one attached hydrogen (secondary N) is 1. The van der Waals surface area contributed by atoms with Gasteiger partial charge in [0.25, 0.3) is 5.56 Å². The number of benzene rings is 1. The van der Waals surface area contributed by atoms with Crippen molar-refractivity contribution in [1.29, 1.82) is 0 Å². The Morgan fingerprint density at radius 1 is 1.16 bits per heavy atom. The van der Waals surface area contributed by atoms with E-state index >= 15 is 0 Å². The zero-order valence-corrected chi connectivity index (χ0v) is 17.8. The van der Waals surface area contributed by atoms with Gasteiger partial charge in [0.2, 0.25) is 5.91 Å². The Labute approximate surface area is 181 Å². The Kier molecular flexibility index (Phi) is 5.77. The largest absolute Gasteiger partial charge is 0.462 e. The molecule has 0 bridgehead atoms. The lowest BCUT2D eigenvalue weighted by atomic mass is 10.1. The van der Waals surface area contributed by atoms with E-state index < -0.39 is 12.0 Å². The highest BCUT2D eigenvalue weighted by molar-refractivity contribution is 7.25. The van der Waals surface area contributed by atoms with Gasteiger partial charge in [0.1, 0.15) is 15.6 Å². The van der Waals surface area contributed by atoms with Gasteiger partial charge in [-0.2, -0.15) is 0 Å². The first-order chi connectivity index (χ1) is 15.0. The number of esters is 1. The zero-order valence-electron chi connectivity index (χ0n) is 17.0. The van der Waals surface area contributed by atoms with Crippen LogP contribution in [0.4, 0.5) is 5.69 Å². The molecule has 0 radical (unpaired) electrons. The molecule has 4 aromatic rings. The lowest BCUT2D eigenvalue weighted by Crippen LogP contribution is -2.33. The smallest absolute Gasteiger partial charge is 0.338 e. The maximum Gasteiger partial charge on any atom is 0.338 e. The third kappa shape index (κ3) is 3.91. The molecule has 3 heterocycles. The van der Waals surface area contributed by atoms with Crippen molar-refractivity contribution >= 4 is 49.3 Å². The van der Waals surface area contributed by atoms with E-state index in [-0.39, 0.29) is 11.5 Å². The summed E-state index contributed by atoms with van der Waals surface area (Å²) in [6.45, 7) is 3.86. The second-order valence-electron chi connectivity index (χ2n) is 6.80. The first-order valence-corrected chi connectivity index (χ1v) is 10.7. The Morgan fingerprint density at radius 3 is 2.65 bits per heavy atom. The van der Waals surface area contributed by atoms with Crippen LogP contribution in [-0.2, 0) is 9.53 Å². The van der Waals surface area contributed by atoms with Crippen molar-refractivity contribution in [1.82, 2.24) is 14.5 Å². The molecule has 0 aliphatic rings. The van der Waals surface area contributed by atoms with Gasteiger partial charge >= 0.3 is 5.97 Å². The maximum atomic E-state index is 13.1. The van der Waals surface area contributed by atoms with Crippen LogP contribution in [-0.4, -0.2) is 33.0 Å². The predicted octanol–water partition coefficient (Wildman–Crippen LogP) is 3.77. The molecule has 3 aromatic heterocycles. The Hall–Kier alpha value is -3.59. The Balaban J connectivity index is 1.61. The summed E-state index contributed by atoms with van der Waals surface area (Å²) in [5.41, 5.74) is 1.24. The molecule has 0 aliphatic carbocycles. The minimum Gasteiger partial charge on any atom is -0.462 e. The molecule has 1 aromatic carbocycles. The summed E-state index contributed by atoms with van der Waals surface area (Å²) in [7, 11) is 0. The van der Waals surface area contributed by atoms with Crippen molar-refractivity contribution in [3.05, 3.63) is 64.8 Å². The van der Waals surface area contributed by atoms with Crippen molar-refractivity contribution in [2.75, 3.05) is 11.9 Å². The summed E-state index contributed by atoms with van der Waals surface area (Å²) in [4.78, 5) is 47.3. The average Bonchev–Trinajstić information content (AvgIpc) is 3.16. The number of ether oxygens (including phenoxy) is 1. The number of rotatable bonds is 6. The predicted molar refractivity (Wildman–Crippen MR) is 120 cm³/mol. The van der Waals surface area contributed by atoms with Gasteiger partial charge in [-0.25, -0.2) is 14.8 Å². The molecule has 158 valence electrons. The zero-order chi connectivity index (χ0) is 22.0. The Bertz CT molecular complexity index is 1330. The minimum absolute atomic E-state index is 0.271. The number of anilines is 1. The van der Waals surface area contributed by atoms with Gasteiger partial charge in [0, 0.05) is 17.3 Å². The Morgan fingerprint density at radius 2 is 1.94 bits per heavy atom. The van der Waals surface area contributed by atoms with E-state index in [1.54, 1.807) is 43.5 Å². The van der Waals surface area contributed by atoms with Crippen molar-refractivity contribution in [3.8, 4) is 0 Å². The summed E-state index contributed by atoms with van der Waals surface area (Å²) in [6.07, 6.45) is 3.50. The van der Waals surface area contributed by atoms with Gasteiger partial charge in [-0.15, -0.1) is 11.3 Å². The molecule has 9 heteroatoms. The van der Waals surface area contributed by atoms with Gasteiger partial charge in [-0.3, -0.25) is 14.2 Å². The molecule has 31 heavy (non-hydrogen) atoms. The molecule has 4 rings (SSSR count). The summed E-state index contributed by atoms with van der Waals surface area (Å²) in [5.74, 6) is -0.760. The van der Waals surface area contributed by atoms with Crippen LogP contribution in [0.3, 0.4) is 0 Å². The number of hydrogen-bond acceptors (Lipinski definition) is 7. The molecule has 0 fully saturated rings. The summed E-state index contributed by atoms with van der Waals surface area (Å²) < 4.78 is 6.79. The van der Waals surface area contributed by atoms with Gasteiger partial charge < -0.3 is 10.1 Å². The standard InChI is InChI=1S/C22H20N4O4S/c1-3-16(19(27)25-14-9-7-13(8-10-14)22(29)30-4-2)26-12-24-17-15-6-5-11-23-20(15)31-18(17)21(26)28/h5-12,16H,3-4H2,1-2H3,(H,25,27). The number of aromatic nitrogens is 3. The fraction of sp³-hybridized carbons (Fsp3) is 0.227. The number of thiophene rings is 1.